The average molecular weight is 284 g/mol. The number of amides is 2. The number of alkyl halides is 3. The summed E-state index contributed by atoms with van der Waals surface area (Å²) >= 11 is 0. The van der Waals surface area contributed by atoms with Crippen LogP contribution in [0.5, 0.6) is 0 Å². The average Bonchev–Trinajstić information content (AvgIpc) is 2.23. The minimum Gasteiger partial charge on any atom is -0.480 e. The van der Waals surface area contributed by atoms with Crippen LogP contribution in [0.25, 0.3) is 0 Å². The normalized spacial score (nSPS) is 13.2. The largest absolute Gasteiger partial charge is 0.480 e. The fourth-order valence-electron chi connectivity index (χ4n) is 1.46. The van der Waals surface area contributed by atoms with E-state index in [0.29, 0.717) is 11.3 Å². The van der Waals surface area contributed by atoms with Gasteiger partial charge in [0.05, 0.1) is 0 Å². The third-order valence-electron chi connectivity index (χ3n) is 2.41. The molecule has 1 atom stereocenters. The number of rotatable bonds is 6. The zero-order chi connectivity index (χ0) is 15.2. The van der Waals surface area contributed by atoms with E-state index in [1.807, 2.05) is 0 Å². The van der Waals surface area contributed by atoms with Crippen molar-refractivity contribution in [2.45, 2.75) is 51.9 Å². The van der Waals surface area contributed by atoms with E-state index in [-0.39, 0.29) is 6.42 Å². The summed E-state index contributed by atoms with van der Waals surface area (Å²) in [4.78, 5) is 23.1. The number of halogens is 3. The molecule has 0 heterocycles. The van der Waals surface area contributed by atoms with E-state index < -0.39 is 36.8 Å². The number of nitrogens with one attached hydrogen (secondary N) is 1. The highest BCUT2D eigenvalue weighted by Gasteiger charge is 2.35. The summed E-state index contributed by atoms with van der Waals surface area (Å²) in [6, 6.07) is -2.88. The van der Waals surface area contributed by atoms with Crippen LogP contribution in [0.2, 0.25) is 0 Å². The molecule has 0 unspecified atom stereocenters. The van der Waals surface area contributed by atoms with Gasteiger partial charge < -0.3 is 15.3 Å². The number of hydrogen-bond donors (Lipinski definition) is 2. The summed E-state index contributed by atoms with van der Waals surface area (Å²) in [6.07, 6.45) is -3.86. The number of carbonyl (C=O) groups is 2. The molecule has 0 radical (unpaired) electrons. The van der Waals surface area contributed by atoms with Crippen LogP contribution >= 0.6 is 0 Å². The van der Waals surface area contributed by atoms with Crippen molar-refractivity contribution in [3.05, 3.63) is 0 Å². The van der Waals surface area contributed by atoms with Crippen molar-refractivity contribution in [2.24, 2.45) is 0 Å². The van der Waals surface area contributed by atoms with Gasteiger partial charge in [-0.15, -0.1) is 0 Å². The maximum absolute atomic E-state index is 12.3. The molecular weight excluding hydrogens is 265 g/mol. The van der Waals surface area contributed by atoms with Gasteiger partial charge in [-0.2, -0.15) is 13.2 Å². The van der Waals surface area contributed by atoms with Gasteiger partial charge in [0.2, 0.25) is 0 Å². The third-order valence-corrected chi connectivity index (χ3v) is 2.41. The summed E-state index contributed by atoms with van der Waals surface area (Å²) in [5.74, 6) is -1.26. The second kappa shape index (κ2) is 7.20. The Balaban J connectivity index is 4.76. The van der Waals surface area contributed by atoms with E-state index in [1.54, 1.807) is 6.92 Å². The Hall–Kier alpha value is -1.47. The fourth-order valence-corrected chi connectivity index (χ4v) is 1.46. The lowest BCUT2D eigenvalue weighted by atomic mass is 10.2. The molecule has 0 aromatic heterocycles. The van der Waals surface area contributed by atoms with Crippen LogP contribution in [0.4, 0.5) is 18.0 Å². The van der Waals surface area contributed by atoms with Crippen LogP contribution in [0.3, 0.4) is 0 Å². The van der Waals surface area contributed by atoms with E-state index in [4.69, 9.17) is 5.11 Å². The topological polar surface area (TPSA) is 69.6 Å². The molecule has 2 N–H and O–H groups in total. The molecule has 0 saturated heterocycles. The Morgan fingerprint density at radius 3 is 2.16 bits per heavy atom. The predicted octanol–water partition coefficient (Wildman–Crippen LogP) is 2.22. The van der Waals surface area contributed by atoms with Gasteiger partial charge in [-0.1, -0.05) is 13.3 Å². The van der Waals surface area contributed by atoms with E-state index in [0.717, 1.165) is 0 Å². The van der Waals surface area contributed by atoms with Gasteiger partial charge in [0.25, 0.3) is 0 Å². The highest BCUT2D eigenvalue weighted by atomic mass is 19.4. The first-order valence-electron chi connectivity index (χ1n) is 5.95. The van der Waals surface area contributed by atoms with Crippen LogP contribution in [-0.2, 0) is 4.79 Å². The van der Waals surface area contributed by atoms with E-state index >= 15 is 0 Å². The van der Waals surface area contributed by atoms with Crippen molar-refractivity contribution in [2.75, 3.05) is 6.54 Å². The summed E-state index contributed by atoms with van der Waals surface area (Å²) in [7, 11) is 0. The molecule has 0 aliphatic heterocycles. The van der Waals surface area contributed by atoms with Crippen LogP contribution in [0.15, 0.2) is 0 Å². The smallest absolute Gasteiger partial charge is 0.406 e. The molecule has 0 bridgehead atoms. The lowest BCUT2D eigenvalue weighted by Crippen LogP contribution is -2.52. The number of hydrogen-bond acceptors (Lipinski definition) is 2. The minimum atomic E-state index is -4.52. The van der Waals surface area contributed by atoms with Crippen LogP contribution < -0.4 is 5.32 Å². The van der Waals surface area contributed by atoms with E-state index in [9.17, 15) is 22.8 Å². The summed E-state index contributed by atoms with van der Waals surface area (Å²) in [5, 5.41) is 11.0. The van der Waals surface area contributed by atoms with Crippen molar-refractivity contribution in [1.82, 2.24) is 10.2 Å². The maximum Gasteiger partial charge on any atom is 0.406 e. The highest BCUT2D eigenvalue weighted by Crippen LogP contribution is 2.18. The summed E-state index contributed by atoms with van der Waals surface area (Å²) < 4.78 is 37.0. The van der Waals surface area contributed by atoms with Gasteiger partial charge in [0, 0.05) is 6.04 Å². The predicted molar refractivity (Wildman–Crippen MR) is 62.8 cm³/mol. The molecule has 8 heteroatoms. The number of aliphatic carboxylic acids is 1. The monoisotopic (exact) mass is 284 g/mol. The molecule has 0 rings (SSSR count). The van der Waals surface area contributed by atoms with Gasteiger partial charge in [0.1, 0.15) is 12.6 Å². The lowest BCUT2D eigenvalue weighted by Gasteiger charge is -2.29. The molecule has 0 fully saturated rings. The molecule has 0 aromatic rings. The first-order valence-corrected chi connectivity index (χ1v) is 5.95. The Morgan fingerprint density at radius 1 is 1.32 bits per heavy atom. The lowest BCUT2D eigenvalue weighted by molar-refractivity contribution is -0.143. The molecule has 0 aliphatic rings. The molecule has 0 aromatic carbocycles. The Bertz CT molecular complexity index is 319. The first-order chi connectivity index (χ1) is 8.58. The number of nitrogens with zero attached hydrogens (tertiary/aromatic N) is 1. The Labute approximate surface area is 109 Å². The van der Waals surface area contributed by atoms with Gasteiger partial charge in [-0.05, 0) is 20.3 Å². The number of carbonyl (C=O) groups excluding carboxylic acids is 1. The maximum atomic E-state index is 12.3. The molecular formula is C11H19F3N2O3. The zero-order valence-electron chi connectivity index (χ0n) is 11.1. The minimum absolute atomic E-state index is 0.166. The van der Waals surface area contributed by atoms with Crippen LogP contribution in [0.1, 0.15) is 33.6 Å². The van der Waals surface area contributed by atoms with Gasteiger partial charge in [-0.3, -0.25) is 0 Å². The Morgan fingerprint density at radius 2 is 1.84 bits per heavy atom. The van der Waals surface area contributed by atoms with E-state index in [1.165, 1.54) is 13.8 Å². The van der Waals surface area contributed by atoms with E-state index in [2.05, 4.69) is 5.32 Å². The molecule has 19 heavy (non-hydrogen) atoms. The summed E-state index contributed by atoms with van der Waals surface area (Å²) in [6.45, 7) is 3.18. The first kappa shape index (κ1) is 17.5. The molecule has 2 amide bonds. The van der Waals surface area contributed by atoms with Gasteiger partial charge >= 0.3 is 18.2 Å². The second-order valence-electron chi connectivity index (χ2n) is 4.47. The van der Waals surface area contributed by atoms with Crippen molar-refractivity contribution in [1.29, 1.82) is 0 Å². The van der Waals surface area contributed by atoms with Crippen molar-refractivity contribution < 1.29 is 27.9 Å². The van der Waals surface area contributed by atoms with Crippen LogP contribution in [-0.4, -0.2) is 46.8 Å². The second-order valence-corrected chi connectivity index (χ2v) is 4.47. The standard InChI is InChI=1S/C11H19F3N2O3/c1-4-5-8(9(17)18)15-10(19)16(7(2)3)6-11(12,13)14/h7-8H,4-6H2,1-3H3,(H,15,19)(H,17,18)/t8-/m0/s1. The van der Waals surface area contributed by atoms with Crippen molar-refractivity contribution >= 4 is 12.0 Å². The summed E-state index contributed by atoms with van der Waals surface area (Å²) in [5.41, 5.74) is 0. The SMILES string of the molecule is CCC[C@H](NC(=O)N(CC(F)(F)F)C(C)C)C(=O)O. The van der Waals surface area contributed by atoms with Crippen molar-refractivity contribution in [3.8, 4) is 0 Å². The molecule has 112 valence electrons. The fraction of sp³-hybridized carbons (Fsp3) is 0.818. The number of urea groups is 1. The molecule has 0 spiro atoms. The molecule has 5 nitrogen and oxygen atoms in total. The quantitative estimate of drug-likeness (QED) is 0.785. The third kappa shape index (κ3) is 6.88. The van der Waals surface area contributed by atoms with Crippen molar-refractivity contribution in [3.63, 3.8) is 0 Å². The van der Waals surface area contributed by atoms with Crippen LogP contribution in [0, 0.1) is 0 Å². The molecule has 0 saturated carbocycles. The Kier molecular flexibility index (Phi) is 6.64. The number of carboxylic acid groups (broad SMARTS) is 1. The zero-order valence-corrected chi connectivity index (χ0v) is 11.1. The number of carboxylic acids is 1. The highest BCUT2D eigenvalue weighted by molar-refractivity contribution is 5.82. The van der Waals surface area contributed by atoms with Gasteiger partial charge in [-0.25, -0.2) is 9.59 Å². The van der Waals surface area contributed by atoms with Gasteiger partial charge in [0.15, 0.2) is 0 Å². The molecule has 0 aliphatic carbocycles.